The summed E-state index contributed by atoms with van der Waals surface area (Å²) in [5, 5.41) is 8.19. The van der Waals surface area contributed by atoms with Crippen molar-refractivity contribution in [1.29, 1.82) is 0 Å². The van der Waals surface area contributed by atoms with Crippen molar-refractivity contribution in [3.63, 3.8) is 0 Å². The Labute approximate surface area is 113 Å². The normalized spacial score (nSPS) is 23.6. The van der Waals surface area contributed by atoms with Crippen LogP contribution in [0.1, 0.15) is 43.7 Å². The highest BCUT2D eigenvalue weighted by molar-refractivity contribution is 5.92. The van der Waals surface area contributed by atoms with Crippen LogP contribution in [0.2, 0.25) is 0 Å². The molecule has 1 heterocycles. The SMILES string of the molecule is CC1=CC(C)CCC1c1ccc2[nH]nc(N)c2c1C. The molecule has 0 aliphatic heterocycles. The van der Waals surface area contributed by atoms with Gasteiger partial charge in [-0.2, -0.15) is 5.10 Å². The third-order valence-electron chi connectivity index (χ3n) is 4.44. The maximum absolute atomic E-state index is 5.98. The number of benzene rings is 1. The van der Waals surface area contributed by atoms with Gasteiger partial charge in [-0.3, -0.25) is 5.10 Å². The van der Waals surface area contributed by atoms with Crippen LogP contribution in [-0.4, -0.2) is 10.2 Å². The molecule has 0 radical (unpaired) electrons. The molecule has 100 valence electrons. The summed E-state index contributed by atoms with van der Waals surface area (Å²) < 4.78 is 0. The van der Waals surface area contributed by atoms with Gasteiger partial charge in [0.05, 0.1) is 5.52 Å². The molecule has 0 bridgehead atoms. The van der Waals surface area contributed by atoms with Crippen LogP contribution in [0.5, 0.6) is 0 Å². The van der Waals surface area contributed by atoms with Gasteiger partial charge in [-0.1, -0.05) is 24.6 Å². The molecule has 0 spiro atoms. The predicted molar refractivity (Wildman–Crippen MR) is 80.1 cm³/mol. The van der Waals surface area contributed by atoms with Crippen LogP contribution in [0.4, 0.5) is 5.82 Å². The first-order valence-corrected chi connectivity index (χ1v) is 6.99. The average Bonchev–Trinajstić information content (AvgIpc) is 2.73. The molecule has 0 saturated heterocycles. The summed E-state index contributed by atoms with van der Waals surface area (Å²) >= 11 is 0. The molecule has 2 aromatic rings. The summed E-state index contributed by atoms with van der Waals surface area (Å²) in [6.07, 6.45) is 4.91. The van der Waals surface area contributed by atoms with E-state index >= 15 is 0 Å². The van der Waals surface area contributed by atoms with Gasteiger partial charge >= 0.3 is 0 Å². The number of allylic oxidation sites excluding steroid dienone is 2. The van der Waals surface area contributed by atoms with Crippen molar-refractivity contribution in [2.75, 3.05) is 5.73 Å². The summed E-state index contributed by atoms with van der Waals surface area (Å²) in [7, 11) is 0. The zero-order chi connectivity index (χ0) is 13.6. The van der Waals surface area contributed by atoms with E-state index in [1.54, 1.807) is 0 Å². The Balaban J connectivity index is 2.13. The summed E-state index contributed by atoms with van der Waals surface area (Å²) in [6, 6.07) is 4.33. The number of hydrogen-bond donors (Lipinski definition) is 2. The Kier molecular flexibility index (Phi) is 2.85. The van der Waals surface area contributed by atoms with E-state index in [1.807, 2.05) is 0 Å². The van der Waals surface area contributed by atoms with Gasteiger partial charge in [-0.05, 0) is 49.8 Å². The number of nitrogens with one attached hydrogen (secondary N) is 1. The average molecular weight is 255 g/mol. The molecule has 19 heavy (non-hydrogen) atoms. The van der Waals surface area contributed by atoms with E-state index in [4.69, 9.17) is 5.73 Å². The molecular weight excluding hydrogens is 234 g/mol. The number of aromatic nitrogens is 2. The number of hydrogen-bond acceptors (Lipinski definition) is 2. The number of rotatable bonds is 1. The van der Waals surface area contributed by atoms with Gasteiger partial charge in [0.1, 0.15) is 0 Å². The van der Waals surface area contributed by atoms with Gasteiger partial charge in [-0.15, -0.1) is 0 Å². The minimum Gasteiger partial charge on any atom is -0.382 e. The molecule has 0 saturated carbocycles. The summed E-state index contributed by atoms with van der Waals surface area (Å²) in [5.41, 5.74) is 11.2. The predicted octanol–water partition coefficient (Wildman–Crippen LogP) is 3.91. The second kappa shape index (κ2) is 4.41. The van der Waals surface area contributed by atoms with Crippen molar-refractivity contribution in [1.82, 2.24) is 10.2 Å². The molecule has 3 rings (SSSR count). The first-order valence-electron chi connectivity index (χ1n) is 6.99. The fraction of sp³-hybridized carbons (Fsp3) is 0.438. The lowest BCUT2D eigenvalue weighted by atomic mass is 9.78. The molecular formula is C16H21N3. The Hall–Kier alpha value is -1.77. The Morgan fingerprint density at radius 1 is 1.26 bits per heavy atom. The van der Waals surface area contributed by atoms with Gasteiger partial charge in [0.25, 0.3) is 0 Å². The lowest BCUT2D eigenvalue weighted by Crippen LogP contribution is -2.11. The molecule has 1 aromatic heterocycles. The van der Waals surface area contributed by atoms with E-state index < -0.39 is 0 Å². The van der Waals surface area contributed by atoms with Gasteiger partial charge < -0.3 is 5.73 Å². The zero-order valence-corrected chi connectivity index (χ0v) is 11.8. The maximum atomic E-state index is 5.98. The first kappa shape index (κ1) is 12.3. The van der Waals surface area contributed by atoms with Gasteiger partial charge in [0.15, 0.2) is 5.82 Å². The number of nitrogen functional groups attached to an aromatic ring is 1. The van der Waals surface area contributed by atoms with Crippen LogP contribution in [0.15, 0.2) is 23.8 Å². The molecule has 3 nitrogen and oxygen atoms in total. The molecule has 0 fully saturated rings. The number of anilines is 1. The molecule has 1 aliphatic rings. The molecule has 2 atom stereocenters. The van der Waals surface area contributed by atoms with E-state index in [9.17, 15) is 0 Å². The van der Waals surface area contributed by atoms with E-state index in [0.29, 0.717) is 17.7 Å². The van der Waals surface area contributed by atoms with E-state index in [2.05, 4.69) is 49.2 Å². The highest BCUT2D eigenvalue weighted by atomic mass is 15.1. The Morgan fingerprint density at radius 3 is 2.79 bits per heavy atom. The molecule has 3 N–H and O–H groups in total. The fourth-order valence-electron chi connectivity index (χ4n) is 3.41. The topological polar surface area (TPSA) is 54.7 Å². The zero-order valence-electron chi connectivity index (χ0n) is 11.8. The van der Waals surface area contributed by atoms with Crippen molar-refractivity contribution in [3.05, 3.63) is 34.9 Å². The van der Waals surface area contributed by atoms with Crippen molar-refractivity contribution in [3.8, 4) is 0 Å². The van der Waals surface area contributed by atoms with Crippen LogP contribution >= 0.6 is 0 Å². The lowest BCUT2D eigenvalue weighted by molar-refractivity contribution is 0.524. The third-order valence-corrected chi connectivity index (χ3v) is 4.44. The standard InChI is InChI=1S/C16H21N3/c1-9-4-5-12(10(2)8-9)13-6-7-14-15(11(13)3)16(17)19-18-14/h6-9,12H,4-5H2,1-3H3,(H3,17,18,19). The Bertz CT molecular complexity index is 651. The largest absolute Gasteiger partial charge is 0.382 e. The van der Waals surface area contributed by atoms with Crippen LogP contribution in [0.3, 0.4) is 0 Å². The number of nitrogens with zero attached hydrogens (tertiary/aromatic N) is 1. The molecule has 3 heteroatoms. The minimum atomic E-state index is 0.537. The monoisotopic (exact) mass is 255 g/mol. The molecule has 1 aromatic carbocycles. The van der Waals surface area contributed by atoms with Crippen molar-refractivity contribution >= 4 is 16.7 Å². The maximum Gasteiger partial charge on any atom is 0.153 e. The van der Waals surface area contributed by atoms with Gasteiger partial charge in [-0.25, -0.2) is 0 Å². The molecule has 2 unspecified atom stereocenters. The van der Waals surface area contributed by atoms with Crippen molar-refractivity contribution in [2.45, 2.75) is 39.5 Å². The highest BCUT2D eigenvalue weighted by Crippen LogP contribution is 2.39. The second-order valence-electron chi connectivity index (χ2n) is 5.83. The van der Waals surface area contributed by atoms with Crippen LogP contribution in [0, 0.1) is 12.8 Å². The Morgan fingerprint density at radius 2 is 2.05 bits per heavy atom. The van der Waals surface area contributed by atoms with Gasteiger partial charge in [0.2, 0.25) is 0 Å². The van der Waals surface area contributed by atoms with Gasteiger partial charge in [0, 0.05) is 11.3 Å². The lowest BCUT2D eigenvalue weighted by Gasteiger charge is -2.27. The molecule has 1 aliphatic carbocycles. The van der Waals surface area contributed by atoms with Crippen LogP contribution < -0.4 is 5.73 Å². The molecule has 0 amide bonds. The van der Waals surface area contributed by atoms with Crippen molar-refractivity contribution in [2.24, 2.45) is 5.92 Å². The van der Waals surface area contributed by atoms with Crippen LogP contribution in [-0.2, 0) is 0 Å². The fourth-order valence-corrected chi connectivity index (χ4v) is 3.41. The number of H-pyrrole nitrogens is 1. The number of nitrogens with two attached hydrogens (primary N) is 1. The summed E-state index contributed by atoms with van der Waals surface area (Å²) in [6.45, 7) is 6.71. The highest BCUT2D eigenvalue weighted by Gasteiger charge is 2.22. The van der Waals surface area contributed by atoms with E-state index in [-0.39, 0.29) is 0 Å². The number of aryl methyl sites for hydroxylation is 1. The van der Waals surface area contributed by atoms with Crippen molar-refractivity contribution < 1.29 is 0 Å². The quantitative estimate of drug-likeness (QED) is 0.759. The number of fused-ring (bicyclic) bond motifs is 1. The smallest absolute Gasteiger partial charge is 0.153 e. The summed E-state index contributed by atoms with van der Waals surface area (Å²) in [5.74, 6) is 1.86. The first-order chi connectivity index (χ1) is 9.08. The second-order valence-corrected chi connectivity index (χ2v) is 5.83. The minimum absolute atomic E-state index is 0.537. The van der Waals surface area contributed by atoms with Crippen LogP contribution in [0.25, 0.3) is 10.9 Å². The van der Waals surface area contributed by atoms with E-state index in [1.165, 1.54) is 29.5 Å². The number of aromatic amines is 1. The third kappa shape index (κ3) is 1.93. The summed E-state index contributed by atoms with van der Waals surface area (Å²) in [4.78, 5) is 0. The van der Waals surface area contributed by atoms with E-state index in [0.717, 1.165) is 10.9 Å².